The molecule has 0 radical (unpaired) electrons. The molecule has 1 aromatic rings. The van der Waals surface area contributed by atoms with E-state index in [0.717, 1.165) is 5.56 Å². The first-order chi connectivity index (χ1) is 8.64. The minimum atomic E-state index is -0.940. The topological polar surface area (TPSA) is 60.8 Å². The van der Waals surface area contributed by atoms with Crippen LogP contribution in [0.1, 0.15) is 56.6 Å². The van der Waals surface area contributed by atoms with Gasteiger partial charge in [-0.1, -0.05) is 26.0 Å². The second kappa shape index (κ2) is 5.72. The standard InChI is InChI=1S/C15H23NO3/c1-10(2)13(16(19)15(3,4)5)11-6-8-12(9-7-11)14(17)18/h6-10,13,19H,1-5H3,(H,17,18). The van der Waals surface area contributed by atoms with Gasteiger partial charge in [-0.2, -0.15) is 5.06 Å². The summed E-state index contributed by atoms with van der Waals surface area (Å²) >= 11 is 0. The molecule has 106 valence electrons. The van der Waals surface area contributed by atoms with Crippen LogP contribution in [0.3, 0.4) is 0 Å². The number of hydrogen-bond acceptors (Lipinski definition) is 3. The highest BCUT2D eigenvalue weighted by Crippen LogP contribution is 2.32. The Kier molecular flexibility index (Phi) is 4.71. The Morgan fingerprint density at radius 2 is 1.63 bits per heavy atom. The van der Waals surface area contributed by atoms with E-state index >= 15 is 0 Å². The summed E-state index contributed by atoms with van der Waals surface area (Å²) in [5.41, 5.74) is 0.796. The molecule has 1 atom stereocenters. The van der Waals surface area contributed by atoms with Gasteiger partial charge in [-0.3, -0.25) is 0 Å². The molecular weight excluding hydrogens is 242 g/mol. The van der Waals surface area contributed by atoms with Crippen molar-refractivity contribution in [1.29, 1.82) is 0 Å². The van der Waals surface area contributed by atoms with E-state index < -0.39 is 5.97 Å². The van der Waals surface area contributed by atoms with Gasteiger partial charge in [0.25, 0.3) is 0 Å². The van der Waals surface area contributed by atoms with Crippen LogP contribution in [0.2, 0.25) is 0 Å². The number of carboxylic acids is 1. The molecule has 0 saturated heterocycles. The van der Waals surface area contributed by atoms with E-state index in [4.69, 9.17) is 5.11 Å². The third-order valence-electron chi connectivity index (χ3n) is 3.08. The van der Waals surface area contributed by atoms with Gasteiger partial charge in [0.2, 0.25) is 0 Å². The van der Waals surface area contributed by atoms with Crippen molar-refractivity contribution in [2.75, 3.05) is 0 Å². The minimum Gasteiger partial charge on any atom is -0.478 e. The van der Waals surface area contributed by atoms with Gasteiger partial charge in [0, 0.05) is 5.54 Å². The van der Waals surface area contributed by atoms with Gasteiger partial charge < -0.3 is 10.3 Å². The maximum absolute atomic E-state index is 10.8. The van der Waals surface area contributed by atoms with Crippen LogP contribution >= 0.6 is 0 Å². The minimum absolute atomic E-state index is 0.164. The van der Waals surface area contributed by atoms with Crippen LogP contribution in [0.4, 0.5) is 0 Å². The first-order valence-corrected chi connectivity index (χ1v) is 6.46. The van der Waals surface area contributed by atoms with Crippen molar-refractivity contribution in [1.82, 2.24) is 5.06 Å². The highest BCUT2D eigenvalue weighted by molar-refractivity contribution is 5.87. The van der Waals surface area contributed by atoms with Gasteiger partial charge in [0.1, 0.15) is 0 Å². The number of hydrogen-bond donors (Lipinski definition) is 2. The number of aromatic carboxylic acids is 1. The lowest BCUT2D eigenvalue weighted by atomic mass is 9.92. The molecule has 4 nitrogen and oxygen atoms in total. The Morgan fingerprint density at radius 3 is 1.95 bits per heavy atom. The Morgan fingerprint density at radius 1 is 1.16 bits per heavy atom. The summed E-state index contributed by atoms with van der Waals surface area (Å²) in [5, 5.41) is 20.6. The van der Waals surface area contributed by atoms with E-state index in [2.05, 4.69) is 0 Å². The Balaban J connectivity index is 3.10. The fourth-order valence-electron chi connectivity index (χ4n) is 2.05. The lowest BCUT2D eigenvalue weighted by molar-refractivity contribution is -0.199. The molecule has 1 rings (SSSR count). The van der Waals surface area contributed by atoms with Gasteiger partial charge in [0.05, 0.1) is 11.6 Å². The van der Waals surface area contributed by atoms with Gasteiger partial charge >= 0.3 is 5.97 Å². The molecule has 0 fully saturated rings. The van der Waals surface area contributed by atoms with Gasteiger partial charge in [0.15, 0.2) is 0 Å². The van der Waals surface area contributed by atoms with Crippen LogP contribution in [0.15, 0.2) is 24.3 Å². The number of benzene rings is 1. The molecule has 0 aliphatic rings. The zero-order chi connectivity index (χ0) is 14.8. The van der Waals surface area contributed by atoms with E-state index in [1.807, 2.05) is 34.6 Å². The van der Waals surface area contributed by atoms with Crippen molar-refractivity contribution >= 4 is 5.97 Å². The first-order valence-electron chi connectivity index (χ1n) is 6.46. The van der Waals surface area contributed by atoms with Crippen LogP contribution in [0.5, 0.6) is 0 Å². The molecule has 0 amide bonds. The number of nitrogens with zero attached hydrogens (tertiary/aromatic N) is 1. The zero-order valence-electron chi connectivity index (χ0n) is 12.2. The smallest absolute Gasteiger partial charge is 0.335 e. The molecule has 0 aliphatic carbocycles. The monoisotopic (exact) mass is 265 g/mol. The highest BCUT2D eigenvalue weighted by atomic mass is 16.5. The first kappa shape index (κ1) is 15.7. The molecule has 0 heterocycles. The van der Waals surface area contributed by atoms with Crippen molar-refractivity contribution in [3.8, 4) is 0 Å². The summed E-state index contributed by atoms with van der Waals surface area (Å²) in [6, 6.07) is 6.52. The third kappa shape index (κ3) is 3.78. The van der Waals surface area contributed by atoms with Gasteiger partial charge in [-0.25, -0.2) is 4.79 Å². The lowest BCUT2D eigenvalue weighted by Gasteiger charge is -2.38. The SMILES string of the molecule is CC(C)C(c1ccc(C(=O)O)cc1)N(O)C(C)(C)C. The fourth-order valence-corrected chi connectivity index (χ4v) is 2.05. The third-order valence-corrected chi connectivity index (χ3v) is 3.08. The normalized spacial score (nSPS) is 13.9. The van der Waals surface area contributed by atoms with Crippen molar-refractivity contribution in [3.05, 3.63) is 35.4 Å². The van der Waals surface area contributed by atoms with Crippen LogP contribution in [-0.2, 0) is 0 Å². The van der Waals surface area contributed by atoms with Crippen LogP contribution in [0.25, 0.3) is 0 Å². The summed E-state index contributed by atoms with van der Waals surface area (Å²) in [6.45, 7) is 9.88. The molecule has 0 saturated carbocycles. The zero-order valence-corrected chi connectivity index (χ0v) is 12.2. The predicted molar refractivity (Wildman–Crippen MR) is 74.4 cm³/mol. The summed E-state index contributed by atoms with van der Waals surface area (Å²) < 4.78 is 0. The molecule has 0 spiro atoms. The van der Waals surface area contributed by atoms with Crippen LogP contribution in [0, 0.1) is 5.92 Å². The fraction of sp³-hybridized carbons (Fsp3) is 0.533. The molecule has 2 N–H and O–H groups in total. The summed E-state index contributed by atoms with van der Waals surface area (Å²) in [5.74, 6) is -0.732. The number of carbonyl (C=O) groups is 1. The summed E-state index contributed by atoms with van der Waals surface area (Å²) in [4.78, 5) is 10.8. The summed E-state index contributed by atoms with van der Waals surface area (Å²) in [6.07, 6.45) is 0. The molecule has 1 unspecified atom stereocenters. The van der Waals surface area contributed by atoms with Crippen molar-refractivity contribution < 1.29 is 15.1 Å². The van der Waals surface area contributed by atoms with Crippen LogP contribution < -0.4 is 0 Å². The van der Waals surface area contributed by atoms with Gasteiger partial charge in [-0.15, -0.1) is 0 Å². The second-order valence-electron chi connectivity index (χ2n) is 6.13. The van der Waals surface area contributed by atoms with Gasteiger partial charge in [-0.05, 0) is 44.4 Å². The van der Waals surface area contributed by atoms with E-state index in [1.165, 1.54) is 5.06 Å². The largest absolute Gasteiger partial charge is 0.478 e. The highest BCUT2D eigenvalue weighted by Gasteiger charge is 2.30. The quantitative estimate of drug-likeness (QED) is 0.817. The van der Waals surface area contributed by atoms with Crippen molar-refractivity contribution in [3.63, 3.8) is 0 Å². The Hall–Kier alpha value is -1.39. The maximum Gasteiger partial charge on any atom is 0.335 e. The second-order valence-corrected chi connectivity index (χ2v) is 6.13. The number of rotatable bonds is 4. The van der Waals surface area contributed by atoms with E-state index in [0.29, 0.717) is 0 Å². The van der Waals surface area contributed by atoms with Crippen molar-refractivity contribution in [2.24, 2.45) is 5.92 Å². The lowest BCUT2D eigenvalue weighted by Crippen LogP contribution is -2.43. The number of carboxylic acid groups (broad SMARTS) is 1. The van der Waals surface area contributed by atoms with Crippen molar-refractivity contribution in [2.45, 2.75) is 46.2 Å². The average molecular weight is 265 g/mol. The Labute approximate surface area is 114 Å². The summed E-state index contributed by atoms with van der Waals surface area (Å²) in [7, 11) is 0. The molecular formula is C15H23NO3. The van der Waals surface area contributed by atoms with Crippen LogP contribution in [-0.4, -0.2) is 26.9 Å². The van der Waals surface area contributed by atoms with E-state index in [-0.39, 0.29) is 23.1 Å². The predicted octanol–water partition coefficient (Wildman–Crippen LogP) is 3.57. The average Bonchev–Trinajstić information content (AvgIpc) is 2.28. The molecule has 1 aromatic carbocycles. The molecule has 0 aliphatic heterocycles. The maximum atomic E-state index is 10.8. The number of hydroxylamine groups is 2. The van der Waals surface area contributed by atoms with E-state index in [1.54, 1.807) is 24.3 Å². The van der Waals surface area contributed by atoms with E-state index in [9.17, 15) is 10.0 Å². The Bertz CT molecular complexity index is 432. The molecule has 19 heavy (non-hydrogen) atoms. The molecule has 0 aromatic heterocycles. The molecule has 0 bridgehead atoms. The molecule has 4 heteroatoms.